The number of azide groups is 1. The van der Waals surface area contributed by atoms with E-state index in [0.717, 1.165) is 0 Å². The molecule has 0 aliphatic carbocycles. The van der Waals surface area contributed by atoms with E-state index in [1.807, 2.05) is 4.90 Å². The van der Waals surface area contributed by atoms with Crippen LogP contribution in [0.2, 0.25) is 0 Å². The van der Waals surface area contributed by atoms with Gasteiger partial charge in [0.15, 0.2) is 0 Å². The summed E-state index contributed by atoms with van der Waals surface area (Å²) in [5, 5.41) is 20.5. The van der Waals surface area contributed by atoms with Crippen LogP contribution in [0.5, 0.6) is 0 Å². The van der Waals surface area contributed by atoms with E-state index in [4.69, 9.17) is 15.7 Å². The van der Waals surface area contributed by atoms with Gasteiger partial charge in [-0.15, -0.1) is 0 Å². The predicted octanol–water partition coefficient (Wildman–Crippen LogP) is -0.417. The molecular weight excluding hydrogens is 160 g/mol. The summed E-state index contributed by atoms with van der Waals surface area (Å²) in [5.41, 5.74) is 7.98. The Morgan fingerprint density at radius 1 is 1.17 bits per heavy atom. The highest BCUT2D eigenvalue weighted by Crippen LogP contribution is 1.86. The van der Waals surface area contributed by atoms with Gasteiger partial charge in [0.1, 0.15) is 0 Å². The van der Waals surface area contributed by atoms with Crippen LogP contribution in [0.3, 0.4) is 0 Å². The fourth-order valence-corrected chi connectivity index (χ4v) is 0.849. The maximum atomic E-state index is 8.59. The lowest BCUT2D eigenvalue weighted by atomic mass is 10.4. The first-order valence-corrected chi connectivity index (χ1v) is 3.80. The highest BCUT2D eigenvalue weighted by molar-refractivity contribution is 4.58. The van der Waals surface area contributed by atoms with Gasteiger partial charge < -0.3 is 10.2 Å². The Hall–Kier alpha value is -0.810. The lowest BCUT2D eigenvalue weighted by Crippen LogP contribution is -2.31. The average Bonchev–Trinajstić information content (AvgIpc) is 2.06. The summed E-state index contributed by atoms with van der Waals surface area (Å²) < 4.78 is 0. The van der Waals surface area contributed by atoms with Crippen molar-refractivity contribution < 1.29 is 10.2 Å². The minimum absolute atomic E-state index is 0.0519. The third-order valence-corrected chi connectivity index (χ3v) is 1.41. The molecule has 0 rings (SSSR count). The van der Waals surface area contributed by atoms with Crippen LogP contribution < -0.4 is 0 Å². The second kappa shape index (κ2) is 8.29. The summed E-state index contributed by atoms with van der Waals surface area (Å²) >= 11 is 0. The Bertz CT molecular complexity index is 140. The monoisotopic (exact) mass is 174 g/mol. The van der Waals surface area contributed by atoms with Crippen LogP contribution in [0.4, 0.5) is 0 Å². The molecule has 0 atom stereocenters. The Labute approximate surface area is 71.0 Å². The van der Waals surface area contributed by atoms with Gasteiger partial charge in [0.2, 0.25) is 0 Å². The molecule has 70 valence electrons. The SMILES string of the molecule is [N-]=[N+]=NCCN(CCO)CCO. The van der Waals surface area contributed by atoms with E-state index in [-0.39, 0.29) is 13.2 Å². The fraction of sp³-hybridized carbons (Fsp3) is 1.00. The van der Waals surface area contributed by atoms with Gasteiger partial charge in [-0.25, -0.2) is 0 Å². The molecule has 6 heteroatoms. The molecule has 0 amide bonds. The first-order chi connectivity index (χ1) is 5.85. The molecular formula is C6H14N4O2. The molecule has 2 N–H and O–H groups in total. The normalized spacial score (nSPS) is 9.92. The third kappa shape index (κ3) is 5.94. The van der Waals surface area contributed by atoms with Crippen molar-refractivity contribution in [2.45, 2.75) is 0 Å². The van der Waals surface area contributed by atoms with Crippen molar-refractivity contribution in [2.24, 2.45) is 5.11 Å². The molecule has 0 spiro atoms. The largest absolute Gasteiger partial charge is 0.395 e. The number of aliphatic hydroxyl groups excluding tert-OH is 2. The van der Waals surface area contributed by atoms with E-state index in [1.54, 1.807) is 0 Å². The van der Waals surface area contributed by atoms with E-state index in [2.05, 4.69) is 10.0 Å². The molecule has 0 heterocycles. The molecule has 0 aromatic carbocycles. The van der Waals surface area contributed by atoms with E-state index >= 15 is 0 Å². The van der Waals surface area contributed by atoms with E-state index in [9.17, 15) is 0 Å². The smallest absolute Gasteiger partial charge is 0.0558 e. The molecule has 0 saturated carbocycles. The van der Waals surface area contributed by atoms with Crippen molar-refractivity contribution in [3.05, 3.63) is 10.4 Å². The molecule has 0 aromatic heterocycles. The van der Waals surface area contributed by atoms with E-state index < -0.39 is 0 Å². The summed E-state index contributed by atoms with van der Waals surface area (Å²) in [5.74, 6) is 0. The predicted molar refractivity (Wildman–Crippen MR) is 44.6 cm³/mol. The molecule has 0 saturated heterocycles. The van der Waals surface area contributed by atoms with Gasteiger partial charge in [0, 0.05) is 31.1 Å². The number of aliphatic hydroxyl groups is 2. The van der Waals surface area contributed by atoms with Gasteiger partial charge in [0.05, 0.1) is 13.2 Å². The Morgan fingerprint density at radius 2 is 1.75 bits per heavy atom. The first kappa shape index (κ1) is 11.2. The standard InChI is InChI=1S/C6H14N4O2/c7-9-8-1-2-10(3-5-11)4-6-12/h11-12H,1-6H2. The molecule has 0 radical (unpaired) electrons. The molecule has 0 aliphatic heterocycles. The molecule has 0 aliphatic rings. The second-order valence-electron chi connectivity index (χ2n) is 2.24. The van der Waals surface area contributed by atoms with Gasteiger partial charge >= 0.3 is 0 Å². The highest BCUT2D eigenvalue weighted by atomic mass is 16.3. The minimum Gasteiger partial charge on any atom is -0.395 e. The number of nitrogens with zero attached hydrogens (tertiary/aromatic N) is 4. The maximum Gasteiger partial charge on any atom is 0.0558 e. The summed E-state index contributed by atoms with van der Waals surface area (Å²) in [6.45, 7) is 2.05. The molecule has 0 bridgehead atoms. The Kier molecular flexibility index (Phi) is 7.73. The van der Waals surface area contributed by atoms with Crippen LogP contribution in [0.1, 0.15) is 0 Å². The second-order valence-corrected chi connectivity index (χ2v) is 2.24. The van der Waals surface area contributed by atoms with Crippen molar-refractivity contribution in [2.75, 3.05) is 39.4 Å². The Morgan fingerprint density at radius 3 is 2.17 bits per heavy atom. The first-order valence-electron chi connectivity index (χ1n) is 3.80. The summed E-state index contributed by atoms with van der Waals surface area (Å²) in [7, 11) is 0. The fourth-order valence-electron chi connectivity index (χ4n) is 0.849. The lowest BCUT2D eigenvalue weighted by molar-refractivity contribution is 0.164. The molecule has 0 aromatic rings. The zero-order valence-corrected chi connectivity index (χ0v) is 6.93. The van der Waals surface area contributed by atoms with E-state index in [0.29, 0.717) is 26.2 Å². The van der Waals surface area contributed by atoms with Crippen LogP contribution >= 0.6 is 0 Å². The van der Waals surface area contributed by atoms with Crippen LogP contribution in [0.15, 0.2) is 5.11 Å². The zero-order chi connectivity index (χ0) is 9.23. The van der Waals surface area contributed by atoms with Crippen LogP contribution in [0.25, 0.3) is 10.4 Å². The van der Waals surface area contributed by atoms with Crippen LogP contribution in [-0.4, -0.2) is 54.5 Å². The number of hydrogen-bond acceptors (Lipinski definition) is 4. The third-order valence-electron chi connectivity index (χ3n) is 1.41. The molecule has 0 fully saturated rings. The molecule has 0 unspecified atom stereocenters. The van der Waals surface area contributed by atoms with E-state index in [1.165, 1.54) is 0 Å². The average molecular weight is 174 g/mol. The maximum absolute atomic E-state index is 8.59. The summed E-state index contributed by atoms with van der Waals surface area (Å²) in [4.78, 5) is 4.43. The van der Waals surface area contributed by atoms with Crippen molar-refractivity contribution >= 4 is 0 Å². The van der Waals surface area contributed by atoms with Gasteiger partial charge in [-0.1, -0.05) is 5.11 Å². The van der Waals surface area contributed by atoms with Gasteiger partial charge in [0.25, 0.3) is 0 Å². The molecule has 12 heavy (non-hydrogen) atoms. The Balaban J connectivity index is 3.54. The minimum atomic E-state index is 0.0519. The number of rotatable bonds is 7. The van der Waals surface area contributed by atoms with Crippen LogP contribution in [-0.2, 0) is 0 Å². The lowest BCUT2D eigenvalue weighted by Gasteiger charge is -2.18. The van der Waals surface area contributed by atoms with Gasteiger partial charge in [-0.3, -0.25) is 4.90 Å². The topological polar surface area (TPSA) is 92.5 Å². The summed E-state index contributed by atoms with van der Waals surface area (Å²) in [6.07, 6.45) is 0. The van der Waals surface area contributed by atoms with Gasteiger partial charge in [-0.2, -0.15) is 0 Å². The quantitative estimate of drug-likeness (QED) is 0.312. The number of hydrogen-bond donors (Lipinski definition) is 2. The summed E-state index contributed by atoms with van der Waals surface area (Å²) in [6, 6.07) is 0. The zero-order valence-electron chi connectivity index (χ0n) is 6.93. The van der Waals surface area contributed by atoms with Crippen molar-refractivity contribution in [1.82, 2.24) is 4.90 Å². The van der Waals surface area contributed by atoms with Gasteiger partial charge in [-0.05, 0) is 5.53 Å². The molecule has 6 nitrogen and oxygen atoms in total. The van der Waals surface area contributed by atoms with Crippen molar-refractivity contribution in [1.29, 1.82) is 0 Å². The van der Waals surface area contributed by atoms with Crippen LogP contribution in [0, 0.1) is 0 Å². The highest BCUT2D eigenvalue weighted by Gasteiger charge is 2.00. The van der Waals surface area contributed by atoms with Crippen molar-refractivity contribution in [3.8, 4) is 0 Å². The van der Waals surface area contributed by atoms with Crippen molar-refractivity contribution in [3.63, 3.8) is 0 Å².